The molecule has 2 saturated heterocycles. The topological polar surface area (TPSA) is 78.2 Å². The minimum atomic E-state index is -0.381. The lowest BCUT2D eigenvalue weighted by molar-refractivity contribution is -0.189. The molecule has 22 heavy (non-hydrogen) atoms. The maximum Gasteiger partial charge on any atom is 0.252 e. The smallest absolute Gasteiger partial charge is 0.252 e. The van der Waals surface area contributed by atoms with E-state index in [1.165, 1.54) is 11.3 Å². The molecule has 2 aliphatic heterocycles. The van der Waals surface area contributed by atoms with Crippen LogP contribution in [0.3, 0.4) is 0 Å². The molecule has 1 aromatic heterocycles. The number of pyridine rings is 1. The lowest BCUT2D eigenvalue weighted by Crippen LogP contribution is -2.47. The number of nitrogens with zero attached hydrogens (tertiary/aromatic N) is 3. The van der Waals surface area contributed by atoms with Crippen LogP contribution in [0.4, 0.5) is 0 Å². The molecule has 6 nitrogen and oxygen atoms in total. The van der Waals surface area contributed by atoms with Gasteiger partial charge in [-0.2, -0.15) is 5.26 Å². The number of carbonyl (C=O) groups excluding carboxylic acids is 1. The van der Waals surface area contributed by atoms with Gasteiger partial charge in [0.15, 0.2) is 0 Å². The van der Waals surface area contributed by atoms with Crippen LogP contribution in [0.5, 0.6) is 0 Å². The minimum absolute atomic E-state index is 0.0406. The van der Waals surface area contributed by atoms with Gasteiger partial charge in [-0.05, 0) is 37.6 Å². The maximum absolute atomic E-state index is 12.9. The van der Waals surface area contributed by atoms with E-state index in [2.05, 4.69) is 16.4 Å². The Kier molecular flexibility index (Phi) is 4.10. The average molecular weight is 300 g/mol. The zero-order chi connectivity index (χ0) is 15.6. The van der Waals surface area contributed by atoms with Crippen LogP contribution in [-0.2, 0) is 9.63 Å². The van der Waals surface area contributed by atoms with Crippen LogP contribution in [-0.4, -0.2) is 35.7 Å². The summed E-state index contributed by atoms with van der Waals surface area (Å²) in [4.78, 5) is 22.7. The van der Waals surface area contributed by atoms with Gasteiger partial charge in [0, 0.05) is 18.8 Å². The molecule has 1 aromatic rings. The molecule has 116 valence electrons. The fraction of sp³-hybridized carbons (Fsp3) is 0.562. The van der Waals surface area contributed by atoms with E-state index in [0.717, 1.165) is 37.9 Å². The van der Waals surface area contributed by atoms with Crippen molar-refractivity contribution in [2.24, 2.45) is 5.41 Å². The van der Waals surface area contributed by atoms with Gasteiger partial charge in [0.2, 0.25) is 0 Å². The van der Waals surface area contributed by atoms with E-state index in [0.29, 0.717) is 12.2 Å². The maximum atomic E-state index is 12.9. The first kappa shape index (κ1) is 14.9. The zero-order valence-electron chi connectivity index (χ0n) is 12.7. The van der Waals surface area contributed by atoms with Crippen LogP contribution >= 0.6 is 0 Å². The second kappa shape index (κ2) is 6.03. The number of hydroxylamine groups is 2. The number of amides is 1. The Morgan fingerprint density at radius 1 is 1.50 bits per heavy atom. The fourth-order valence-corrected chi connectivity index (χ4v) is 3.13. The highest BCUT2D eigenvalue weighted by molar-refractivity contribution is 5.82. The Labute approximate surface area is 130 Å². The predicted octanol–water partition coefficient (Wildman–Crippen LogP) is 1.55. The quantitative estimate of drug-likeness (QED) is 0.896. The predicted molar refractivity (Wildman–Crippen MR) is 79.3 cm³/mol. The summed E-state index contributed by atoms with van der Waals surface area (Å²) in [7, 11) is 0. The second-order valence-electron chi connectivity index (χ2n) is 6.20. The molecular weight excluding hydrogens is 280 g/mol. The molecule has 6 heteroatoms. The Hall–Kier alpha value is -1.97. The van der Waals surface area contributed by atoms with Gasteiger partial charge < -0.3 is 5.32 Å². The highest BCUT2D eigenvalue weighted by atomic mass is 16.7. The average Bonchev–Trinajstić information content (AvgIpc) is 3.04. The summed E-state index contributed by atoms with van der Waals surface area (Å²) >= 11 is 0. The van der Waals surface area contributed by atoms with Gasteiger partial charge in [-0.25, -0.2) is 5.06 Å². The number of nitriles is 1. The Balaban J connectivity index is 1.83. The third kappa shape index (κ3) is 2.70. The van der Waals surface area contributed by atoms with Crippen molar-refractivity contribution in [3.8, 4) is 6.07 Å². The first-order valence-electron chi connectivity index (χ1n) is 7.66. The van der Waals surface area contributed by atoms with Crippen LogP contribution in [0.2, 0.25) is 0 Å². The van der Waals surface area contributed by atoms with Gasteiger partial charge in [-0.15, -0.1) is 0 Å². The molecule has 3 heterocycles. The number of hydrogen-bond donors (Lipinski definition) is 1. The van der Waals surface area contributed by atoms with Gasteiger partial charge in [0.1, 0.15) is 6.07 Å². The normalized spacial score (nSPS) is 24.0. The Bertz CT molecular complexity index is 604. The van der Waals surface area contributed by atoms with E-state index in [1.807, 2.05) is 6.92 Å². The number of rotatable bonds is 2. The summed E-state index contributed by atoms with van der Waals surface area (Å²) in [5.74, 6) is 0.0406. The molecule has 1 atom stereocenters. The molecule has 3 rings (SSSR count). The third-order valence-corrected chi connectivity index (χ3v) is 4.60. The summed E-state index contributed by atoms with van der Waals surface area (Å²) in [5.41, 5.74) is 0.987. The van der Waals surface area contributed by atoms with Gasteiger partial charge in [-0.3, -0.25) is 14.6 Å². The number of aromatic nitrogens is 1. The van der Waals surface area contributed by atoms with Crippen molar-refractivity contribution < 1.29 is 9.63 Å². The van der Waals surface area contributed by atoms with Gasteiger partial charge in [-0.1, -0.05) is 6.92 Å². The van der Waals surface area contributed by atoms with Crippen molar-refractivity contribution in [2.75, 3.05) is 19.7 Å². The summed E-state index contributed by atoms with van der Waals surface area (Å²) < 4.78 is 0. The Morgan fingerprint density at radius 2 is 2.27 bits per heavy atom. The van der Waals surface area contributed by atoms with Gasteiger partial charge in [0.25, 0.3) is 5.91 Å². The molecule has 0 saturated carbocycles. The molecule has 0 aromatic carbocycles. The SMILES string of the molecule is CC1(C(=O)N2OCC[C@H]2c2cncc(C#N)c2)CCNCC1. The third-order valence-electron chi connectivity index (χ3n) is 4.60. The first-order chi connectivity index (χ1) is 10.6. The monoisotopic (exact) mass is 300 g/mol. The largest absolute Gasteiger partial charge is 0.317 e. The Morgan fingerprint density at radius 3 is 3.00 bits per heavy atom. The number of piperidine rings is 1. The molecule has 1 amide bonds. The van der Waals surface area contributed by atoms with E-state index in [1.54, 1.807) is 12.3 Å². The lowest BCUT2D eigenvalue weighted by atomic mass is 9.79. The minimum Gasteiger partial charge on any atom is -0.317 e. The second-order valence-corrected chi connectivity index (χ2v) is 6.20. The number of nitrogens with one attached hydrogen (secondary N) is 1. The van der Waals surface area contributed by atoms with Gasteiger partial charge >= 0.3 is 0 Å². The molecule has 0 unspecified atom stereocenters. The van der Waals surface area contributed by atoms with Crippen LogP contribution < -0.4 is 5.32 Å². The van der Waals surface area contributed by atoms with E-state index in [-0.39, 0.29) is 17.4 Å². The molecule has 0 radical (unpaired) electrons. The molecule has 0 spiro atoms. The van der Waals surface area contributed by atoms with Crippen LogP contribution in [0.25, 0.3) is 0 Å². The van der Waals surface area contributed by atoms with E-state index < -0.39 is 0 Å². The van der Waals surface area contributed by atoms with Gasteiger partial charge in [0.05, 0.1) is 23.6 Å². The van der Waals surface area contributed by atoms with E-state index >= 15 is 0 Å². The molecule has 0 bridgehead atoms. The molecular formula is C16H20N4O2. The number of hydrogen-bond acceptors (Lipinski definition) is 5. The number of carbonyl (C=O) groups is 1. The summed E-state index contributed by atoms with van der Waals surface area (Å²) in [6.45, 7) is 4.23. The van der Waals surface area contributed by atoms with Crippen molar-refractivity contribution in [3.63, 3.8) is 0 Å². The standard InChI is InChI=1S/C16H20N4O2/c1-16(3-5-18-6-4-16)15(21)20-14(2-7-22-20)13-8-12(9-17)10-19-11-13/h8,10-11,14,18H,2-7H2,1H3/t14-/m0/s1. The molecule has 2 aliphatic rings. The van der Waals surface area contributed by atoms with Crippen molar-refractivity contribution in [2.45, 2.75) is 32.2 Å². The van der Waals surface area contributed by atoms with Crippen LogP contribution in [0.15, 0.2) is 18.5 Å². The van der Waals surface area contributed by atoms with E-state index in [4.69, 9.17) is 10.1 Å². The molecule has 2 fully saturated rings. The summed E-state index contributed by atoms with van der Waals surface area (Å²) in [5, 5.41) is 13.8. The fourth-order valence-electron chi connectivity index (χ4n) is 3.13. The first-order valence-corrected chi connectivity index (χ1v) is 7.66. The summed E-state index contributed by atoms with van der Waals surface area (Å²) in [6.07, 6.45) is 5.60. The van der Waals surface area contributed by atoms with Crippen LogP contribution in [0, 0.1) is 16.7 Å². The van der Waals surface area contributed by atoms with Crippen LogP contribution in [0.1, 0.15) is 43.4 Å². The van der Waals surface area contributed by atoms with Crippen molar-refractivity contribution in [3.05, 3.63) is 29.6 Å². The van der Waals surface area contributed by atoms with Crippen molar-refractivity contribution in [1.82, 2.24) is 15.4 Å². The molecule has 0 aliphatic carbocycles. The highest BCUT2D eigenvalue weighted by Crippen LogP contribution is 2.37. The highest BCUT2D eigenvalue weighted by Gasteiger charge is 2.43. The zero-order valence-corrected chi connectivity index (χ0v) is 12.7. The lowest BCUT2D eigenvalue weighted by Gasteiger charge is -2.36. The summed E-state index contributed by atoms with van der Waals surface area (Å²) in [6, 6.07) is 3.73. The molecule has 1 N–H and O–H groups in total. The van der Waals surface area contributed by atoms with E-state index in [9.17, 15) is 4.79 Å². The van der Waals surface area contributed by atoms with Crippen molar-refractivity contribution >= 4 is 5.91 Å². The van der Waals surface area contributed by atoms with Crippen molar-refractivity contribution in [1.29, 1.82) is 5.26 Å².